The fraction of sp³-hybridized carbons (Fsp3) is 0.344. The lowest BCUT2D eigenvalue weighted by Crippen LogP contribution is -2.40. The minimum atomic E-state index is 0.0143. The number of carbonyl (C=O) groups is 2. The van der Waals surface area contributed by atoms with Crippen LogP contribution in [0.3, 0.4) is 0 Å². The molecule has 0 aliphatic carbocycles. The van der Waals surface area contributed by atoms with Gasteiger partial charge in [0.25, 0.3) is 0 Å². The number of aryl methyl sites for hydroxylation is 1. The molecule has 38 heavy (non-hydrogen) atoms. The van der Waals surface area contributed by atoms with Crippen LogP contribution in [0.1, 0.15) is 37.6 Å². The second kappa shape index (κ2) is 12.1. The zero-order valence-corrected chi connectivity index (χ0v) is 22.1. The van der Waals surface area contributed by atoms with E-state index in [2.05, 4.69) is 41.1 Å². The first kappa shape index (κ1) is 25.7. The number of aromatic nitrogens is 2. The Morgan fingerprint density at radius 3 is 2.34 bits per heavy atom. The number of imidazole rings is 1. The van der Waals surface area contributed by atoms with Crippen molar-refractivity contribution in [3.8, 4) is 11.1 Å². The highest BCUT2D eigenvalue weighted by atomic mass is 16.2. The highest BCUT2D eigenvalue weighted by Crippen LogP contribution is 2.21. The number of likely N-dealkylation sites (tertiary alicyclic amines) is 1. The molecule has 4 aromatic rings. The number of hydrogen-bond donors (Lipinski definition) is 1. The molecule has 5 rings (SSSR count). The number of amides is 2. The summed E-state index contributed by atoms with van der Waals surface area (Å²) in [5.74, 6) is 1.76. The molecule has 0 saturated carbocycles. The molecule has 6 heteroatoms. The molecule has 1 fully saturated rings. The van der Waals surface area contributed by atoms with E-state index in [4.69, 9.17) is 4.98 Å². The Hall–Kier alpha value is -3.93. The lowest BCUT2D eigenvalue weighted by atomic mass is 9.99. The first-order valence-electron chi connectivity index (χ1n) is 13.7. The normalized spacial score (nSPS) is 14.1. The van der Waals surface area contributed by atoms with Gasteiger partial charge < -0.3 is 14.8 Å². The molecular formula is C32H36N4O2. The molecule has 3 aromatic carbocycles. The van der Waals surface area contributed by atoms with Gasteiger partial charge in [0.15, 0.2) is 0 Å². The average molecular weight is 509 g/mol. The standard InChI is InChI=1S/C32H36N4O2/c1-24-17-20-35(21-18-24)32(38)23-36-29-11-6-5-10-28(29)34-30(36)12-7-19-33-31(37)22-25-13-15-27(16-14-25)26-8-3-2-4-9-26/h2-6,8-11,13-16,24H,7,12,17-23H2,1H3,(H,33,37). The quantitative estimate of drug-likeness (QED) is 0.314. The lowest BCUT2D eigenvalue weighted by molar-refractivity contribution is -0.133. The monoisotopic (exact) mass is 508 g/mol. The maximum Gasteiger partial charge on any atom is 0.242 e. The Bertz CT molecular complexity index is 1370. The van der Waals surface area contributed by atoms with E-state index in [0.29, 0.717) is 31.8 Å². The molecule has 6 nitrogen and oxygen atoms in total. The SMILES string of the molecule is CC1CCN(C(=O)Cn2c(CCCNC(=O)Cc3ccc(-c4ccccc4)cc3)nc3ccccc32)CC1. The zero-order chi connectivity index (χ0) is 26.3. The van der Waals surface area contributed by atoms with Gasteiger partial charge in [0.1, 0.15) is 12.4 Å². The van der Waals surface area contributed by atoms with Crippen LogP contribution in [0.2, 0.25) is 0 Å². The molecule has 1 saturated heterocycles. The smallest absolute Gasteiger partial charge is 0.242 e. The van der Waals surface area contributed by atoms with Gasteiger partial charge in [-0.3, -0.25) is 9.59 Å². The van der Waals surface area contributed by atoms with Crippen LogP contribution in [0.15, 0.2) is 78.9 Å². The second-order valence-electron chi connectivity index (χ2n) is 10.4. The predicted octanol–water partition coefficient (Wildman–Crippen LogP) is 5.25. The van der Waals surface area contributed by atoms with E-state index in [1.54, 1.807) is 0 Å². The van der Waals surface area contributed by atoms with E-state index in [0.717, 1.165) is 60.3 Å². The summed E-state index contributed by atoms with van der Waals surface area (Å²) >= 11 is 0. The van der Waals surface area contributed by atoms with Crippen LogP contribution >= 0.6 is 0 Å². The third-order valence-electron chi connectivity index (χ3n) is 7.49. The van der Waals surface area contributed by atoms with Crippen molar-refractivity contribution < 1.29 is 9.59 Å². The number of benzene rings is 3. The molecule has 1 aliphatic rings. The summed E-state index contributed by atoms with van der Waals surface area (Å²) in [7, 11) is 0. The summed E-state index contributed by atoms with van der Waals surface area (Å²) in [5, 5.41) is 3.05. The van der Waals surface area contributed by atoms with Gasteiger partial charge in [-0.2, -0.15) is 0 Å². The van der Waals surface area contributed by atoms with Crippen LogP contribution < -0.4 is 5.32 Å². The molecule has 0 atom stereocenters. The first-order valence-corrected chi connectivity index (χ1v) is 13.7. The molecule has 1 N–H and O–H groups in total. The van der Waals surface area contributed by atoms with Crippen molar-refractivity contribution in [2.24, 2.45) is 5.92 Å². The van der Waals surface area contributed by atoms with Crippen LogP contribution in [0, 0.1) is 5.92 Å². The minimum absolute atomic E-state index is 0.0143. The van der Waals surface area contributed by atoms with Crippen LogP contribution in [0.5, 0.6) is 0 Å². The molecule has 0 spiro atoms. The fourth-order valence-electron chi connectivity index (χ4n) is 5.15. The van der Waals surface area contributed by atoms with Gasteiger partial charge in [-0.15, -0.1) is 0 Å². The van der Waals surface area contributed by atoms with E-state index >= 15 is 0 Å². The summed E-state index contributed by atoms with van der Waals surface area (Å²) in [6.07, 6.45) is 3.96. The Balaban J connectivity index is 1.14. The predicted molar refractivity (Wildman–Crippen MR) is 152 cm³/mol. The van der Waals surface area contributed by atoms with Gasteiger partial charge in [0, 0.05) is 26.1 Å². The first-order chi connectivity index (χ1) is 18.6. The maximum atomic E-state index is 13.1. The molecule has 0 radical (unpaired) electrons. The zero-order valence-electron chi connectivity index (χ0n) is 22.1. The Labute approximate surface area is 224 Å². The third-order valence-corrected chi connectivity index (χ3v) is 7.49. The lowest BCUT2D eigenvalue weighted by Gasteiger charge is -2.30. The molecule has 0 bridgehead atoms. The minimum Gasteiger partial charge on any atom is -0.356 e. The number of nitrogens with one attached hydrogen (secondary N) is 1. The average Bonchev–Trinajstić information content (AvgIpc) is 3.29. The van der Waals surface area contributed by atoms with Crippen molar-refractivity contribution in [1.29, 1.82) is 0 Å². The maximum absolute atomic E-state index is 13.1. The van der Waals surface area contributed by atoms with Gasteiger partial charge in [-0.25, -0.2) is 4.98 Å². The van der Waals surface area contributed by atoms with Crippen molar-refractivity contribution in [1.82, 2.24) is 19.8 Å². The molecular weight excluding hydrogens is 472 g/mol. The molecule has 0 unspecified atom stereocenters. The summed E-state index contributed by atoms with van der Waals surface area (Å²) in [6.45, 7) is 4.81. The van der Waals surface area contributed by atoms with Gasteiger partial charge in [0.05, 0.1) is 17.5 Å². The van der Waals surface area contributed by atoms with E-state index in [-0.39, 0.29) is 11.8 Å². The van der Waals surface area contributed by atoms with Crippen LogP contribution in [0.25, 0.3) is 22.2 Å². The summed E-state index contributed by atoms with van der Waals surface area (Å²) in [6, 6.07) is 26.4. The molecule has 1 aliphatic heterocycles. The van der Waals surface area contributed by atoms with Gasteiger partial charge in [0.2, 0.25) is 11.8 Å². The summed E-state index contributed by atoms with van der Waals surface area (Å²) < 4.78 is 2.06. The van der Waals surface area contributed by atoms with E-state index in [1.807, 2.05) is 59.5 Å². The van der Waals surface area contributed by atoms with Gasteiger partial charge in [-0.05, 0) is 54.0 Å². The van der Waals surface area contributed by atoms with Crippen molar-refractivity contribution >= 4 is 22.8 Å². The largest absolute Gasteiger partial charge is 0.356 e. The highest BCUT2D eigenvalue weighted by Gasteiger charge is 2.22. The number of nitrogens with zero attached hydrogens (tertiary/aromatic N) is 3. The van der Waals surface area contributed by atoms with Crippen molar-refractivity contribution in [3.05, 3.63) is 90.3 Å². The number of hydrogen-bond acceptors (Lipinski definition) is 3. The molecule has 2 heterocycles. The number of carbonyl (C=O) groups excluding carboxylic acids is 2. The van der Waals surface area contributed by atoms with Crippen molar-refractivity contribution in [2.75, 3.05) is 19.6 Å². The number of rotatable bonds is 9. The molecule has 196 valence electrons. The second-order valence-corrected chi connectivity index (χ2v) is 10.4. The number of piperidine rings is 1. The van der Waals surface area contributed by atoms with E-state index in [9.17, 15) is 9.59 Å². The van der Waals surface area contributed by atoms with E-state index < -0.39 is 0 Å². The Kier molecular flexibility index (Phi) is 8.17. The summed E-state index contributed by atoms with van der Waals surface area (Å²) in [5.41, 5.74) is 5.21. The van der Waals surface area contributed by atoms with Crippen molar-refractivity contribution in [2.45, 2.75) is 45.6 Å². The molecule has 2 amide bonds. The van der Waals surface area contributed by atoms with Crippen LogP contribution in [0.4, 0.5) is 0 Å². The number of para-hydroxylation sites is 2. The van der Waals surface area contributed by atoms with Crippen molar-refractivity contribution in [3.63, 3.8) is 0 Å². The van der Waals surface area contributed by atoms with Crippen LogP contribution in [-0.4, -0.2) is 45.9 Å². The van der Waals surface area contributed by atoms with Gasteiger partial charge in [-0.1, -0.05) is 73.7 Å². The van der Waals surface area contributed by atoms with Crippen LogP contribution in [-0.2, 0) is 29.0 Å². The fourth-order valence-corrected chi connectivity index (χ4v) is 5.15. The Morgan fingerprint density at radius 1 is 0.895 bits per heavy atom. The summed E-state index contributed by atoms with van der Waals surface area (Å²) in [4.78, 5) is 32.4. The Morgan fingerprint density at radius 2 is 1.58 bits per heavy atom. The number of fused-ring (bicyclic) bond motifs is 1. The topological polar surface area (TPSA) is 67.2 Å². The third kappa shape index (κ3) is 6.31. The van der Waals surface area contributed by atoms with Gasteiger partial charge >= 0.3 is 0 Å². The highest BCUT2D eigenvalue weighted by molar-refractivity contribution is 5.81. The molecule has 1 aromatic heterocycles. The van der Waals surface area contributed by atoms with E-state index in [1.165, 1.54) is 5.56 Å².